The molecule has 0 spiro atoms. The van der Waals surface area contributed by atoms with E-state index in [9.17, 15) is 13.5 Å². The summed E-state index contributed by atoms with van der Waals surface area (Å²) >= 11 is 0. The smallest absolute Gasteiger partial charge is 0.147 e. The quantitative estimate of drug-likeness (QED) is 0.848. The van der Waals surface area contributed by atoms with E-state index in [0.717, 1.165) is 5.56 Å². The highest BCUT2D eigenvalue weighted by Crippen LogP contribution is 2.25. The third-order valence-electron chi connectivity index (χ3n) is 2.85. The summed E-state index contributed by atoms with van der Waals surface area (Å²) in [6.45, 7) is 1.94. The summed E-state index contributed by atoms with van der Waals surface area (Å²) in [7, 11) is -2.89. The van der Waals surface area contributed by atoms with Crippen molar-refractivity contribution in [3.8, 4) is 0 Å². The molecule has 2 unspecified atom stereocenters. The number of rotatable bonds is 6. The van der Waals surface area contributed by atoms with Gasteiger partial charge < -0.3 is 5.11 Å². The zero-order valence-electron chi connectivity index (χ0n) is 10.3. The first-order valence-corrected chi connectivity index (χ1v) is 7.87. The van der Waals surface area contributed by atoms with Gasteiger partial charge in [0.25, 0.3) is 0 Å². The van der Waals surface area contributed by atoms with Crippen LogP contribution in [-0.2, 0) is 9.84 Å². The summed E-state index contributed by atoms with van der Waals surface area (Å²) in [5.74, 6) is 0.262. The van der Waals surface area contributed by atoms with Crippen LogP contribution in [0.25, 0.3) is 0 Å². The van der Waals surface area contributed by atoms with E-state index in [-0.39, 0.29) is 11.7 Å². The molecule has 0 aliphatic heterocycles. The van der Waals surface area contributed by atoms with Crippen LogP contribution in [0.1, 0.15) is 31.4 Å². The van der Waals surface area contributed by atoms with Crippen molar-refractivity contribution in [2.45, 2.75) is 25.9 Å². The van der Waals surface area contributed by atoms with Crippen molar-refractivity contribution in [2.24, 2.45) is 5.92 Å². The van der Waals surface area contributed by atoms with Gasteiger partial charge in [0.05, 0.1) is 6.10 Å². The number of benzene rings is 1. The Bertz CT molecular complexity index is 425. The minimum atomic E-state index is -2.89. The third-order valence-corrected chi connectivity index (χ3v) is 3.88. The van der Waals surface area contributed by atoms with E-state index in [1.165, 1.54) is 6.26 Å². The topological polar surface area (TPSA) is 54.4 Å². The lowest BCUT2D eigenvalue weighted by molar-refractivity contribution is 0.112. The van der Waals surface area contributed by atoms with Crippen molar-refractivity contribution in [1.29, 1.82) is 0 Å². The first kappa shape index (κ1) is 14.2. The normalized spacial score (nSPS) is 15.5. The Balaban J connectivity index is 2.45. The molecule has 96 valence electrons. The highest BCUT2D eigenvalue weighted by Gasteiger charge is 2.16. The van der Waals surface area contributed by atoms with Crippen LogP contribution in [0.2, 0.25) is 0 Å². The second-order valence-electron chi connectivity index (χ2n) is 4.60. The lowest BCUT2D eigenvalue weighted by Crippen LogP contribution is -2.11. The van der Waals surface area contributed by atoms with Crippen LogP contribution in [0.5, 0.6) is 0 Å². The second kappa shape index (κ2) is 6.17. The maximum Gasteiger partial charge on any atom is 0.147 e. The molecule has 0 aliphatic rings. The third kappa shape index (κ3) is 5.33. The van der Waals surface area contributed by atoms with Crippen LogP contribution in [0.3, 0.4) is 0 Å². The van der Waals surface area contributed by atoms with Gasteiger partial charge in [-0.1, -0.05) is 37.3 Å². The van der Waals surface area contributed by atoms with Gasteiger partial charge in [-0.15, -0.1) is 0 Å². The predicted octanol–water partition coefficient (Wildman–Crippen LogP) is 2.18. The van der Waals surface area contributed by atoms with Gasteiger partial charge in [-0.25, -0.2) is 8.42 Å². The maximum absolute atomic E-state index is 11.0. The van der Waals surface area contributed by atoms with Crippen LogP contribution >= 0.6 is 0 Å². The molecule has 2 atom stereocenters. The Morgan fingerprint density at radius 2 is 1.82 bits per heavy atom. The van der Waals surface area contributed by atoms with Gasteiger partial charge in [0.15, 0.2) is 0 Å². The molecule has 0 fully saturated rings. The van der Waals surface area contributed by atoms with E-state index in [1.54, 1.807) is 0 Å². The largest absolute Gasteiger partial charge is 0.388 e. The fraction of sp³-hybridized carbons (Fsp3) is 0.538. The zero-order valence-corrected chi connectivity index (χ0v) is 11.2. The molecule has 0 aromatic heterocycles. The molecular weight excluding hydrogens is 236 g/mol. The van der Waals surface area contributed by atoms with Crippen LogP contribution in [0, 0.1) is 5.92 Å². The number of hydrogen-bond acceptors (Lipinski definition) is 3. The number of aliphatic hydroxyl groups is 1. The van der Waals surface area contributed by atoms with Crippen molar-refractivity contribution in [3.05, 3.63) is 35.9 Å². The standard InChI is InChI=1S/C13H20O3S/c1-11(7-6-10-17(2,15)16)13(14)12-8-4-3-5-9-12/h3-5,8-9,11,13-14H,6-7,10H2,1-2H3. The Morgan fingerprint density at radius 1 is 1.24 bits per heavy atom. The first-order chi connectivity index (χ1) is 7.90. The highest BCUT2D eigenvalue weighted by atomic mass is 32.2. The average molecular weight is 256 g/mol. The molecule has 0 aliphatic carbocycles. The number of sulfone groups is 1. The van der Waals surface area contributed by atoms with Crippen molar-refractivity contribution in [2.75, 3.05) is 12.0 Å². The van der Waals surface area contributed by atoms with Gasteiger partial charge in [-0.2, -0.15) is 0 Å². The van der Waals surface area contributed by atoms with E-state index in [4.69, 9.17) is 0 Å². The molecule has 0 bridgehead atoms. The van der Waals surface area contributed by atoms with Gasteiger partial charge in [-0.05, 0) is 24.3 Å². The fourth-order valence-corrected chi connectivity index (χ4v) is 2.50. The van der Waals surface area contributed by atoms with Gasteiger partial charge in [0.2, 0.25) is 0 Å². The van der Waals surface area contributed by atoms with Crippen molar-refractivity contribution in [3.63, 3.8) is 0 Å². The minimum absolute atomic E-state index is 0.0687. The molecule has 1 aromatic carbocycles. The van der Waals surface area contributed by atoms with Crippen molar-refractivity contribution in [1.82, 2.24) is 0 Å². The zero-order chi connectivity index (χ0) is 12.9. The Hall–Kier alpha value is -0.870. The van der Waals surface area contributed by atoms with Crippen LogP contribution in [0.15, 0.2) is 30.3 Å². The van der Waals surface area contributed by atoms with E-state index in [2.05, 4.69) is 0 Å². The summed E-state index contributed by atoms with van der Waals surface area (Å²) in [5, 5.41) is 10.1. The van der Waals surface area contributed by atoms with Crippen LogP contribution in [0.4, 0.5) is 0 Å². The molecule has 1 rings (SSSR count). The molecule has 0 amide bonds. The SMILES string of the molecule is CC(CCCS(C)(=O)=O)C(O)c1ccccc1. The van der Waals surface area contributed by atoms with E-state index in [1.807, 2.05) is 37.3 Å². The molecule has 0 heterocycles. The number of hydrogen-bond donors (Lipinski definition) is 1. The Kier molecular flexibility index (Phi) is 5.15. The lowest BCUT2D eigenvalue weighted by Gasteiger charge is -2.18. The summed E-state index contributed by atoms with van der Waals surface area (Å²) in [6, 6.07) is 9.46. The predicted molar refractivity (Wildman–Crippen MR) is 69.5 cm³/mol. The molecular formula is C13H20O3S. The molecule has 1 N–H and O–H groups in total. The van der Waals surface area contributed by atoms with Crippen molar-refractivity contribution < 1.29 is 13.5 Å². The summed E-state index contributed by atoms with van der Waals surface area (Å²) < 4.78 is 22.0. The second-order valence-corrected chi connectivity index (χ2v) is 6.86. The van der Waals surface area contributed by atoms with Crippen LogP contribution in [-0.4, -0.2) is 25.5 Å². The van der Waals surface area contributed by atoms with E-state index >= 15 is 0 Å². The summed E-state index contributed by atoms with van der Waals surface area (Å²) in [4.78, 5) is 0. The van der Waals surface area contributed by atoms with Gasteiger partial charge in [0, 0.05) is 12.0 Å². The summed E-state index contributed by atoms with van der Waals surface area (Å²) in [5.41, 5.74) is 0.888. The molecule has 0 saturated carbocycles. The lowest BCUT2D eigenvalue weighted by atomic mass is 9.94. The molecule has 1 aromatic rings. The molecule has 17 heavy (non-hydrogen) atoms. The molecule has 3 nitrogen and oxygen atoms in total. The first-order valence-electron chi connectivity index (χ1n) is 5.81. The van der Waals surface area contributed by atoms with Crippen molar-refractivity contribution >= 4 is 9.84 Å². The minimum Gasteiger partial charge on any atom is -0.388 e. The Labute approximate surface area is 103 Å². The number of aliphatic hydroxyl groups excluding tert-OH is 1. The van der Waals surface area contributed by atoms with Gasteiger partial charge >= 0.3 is 0 Å². The van der Waals surface area contributed by atoms with E-state index in [0.29, 0.717) is 12.8 Å². The molecule has 4 heteroatoms. The highest BCUT2D eigenvalue weighted by molar-refractivity contribution is 7.90. The molecule has 0 saturated heterocycles. The van der Waals surface area contributed by atoms with Gasteiger partial charge in [-0.3, -0.25) is 0 Å². The average Bonchev–Trinajstić information content (AvgIpc) is 2.27. The monoisotopic (exact) mass is 256 g/mol. The molecule has 0 radical (unpaired) electrons. The van der Waals surface area contributed by atoms with Crippen LogP contribution < -0.4 is 0 Å². The van der Waals surface area contributed by atoms with Gasteiger partial charge in [0.1, 0.15) is 9.84 Å². The fourth-order valence-electron chi connectivity index (χ4n) is 1.80. The summed E-state index contributed by atoms with van der Waals surface area (Å²) in [6.07, 6.45) is 2.04. The van der Waals surface area contributed by atoms with E-state index < -0.39 is 15.9 Å². The maximum atomic E-state index is 11.0. The Morgan fingerprint density at radius 3 is 2.35 bits per heavy atom.